The number of hydrogen-bond donors (Lipinski definition) is 2. The van der Waals surface area contributed by atoms with E-state index in [9.17, 15) is 4.79 Å². The van der Waals surface area contributed by atoms with Crippen LogP contribution in [0.3, 0.4) is 0 Å². The molecule has 0 aromatic carbocycles. The Kier molecular flexibility index (Phi) is 3.14. The zero-order chi connectivity index (χ0) is 10.0. The SMILES string of the molecule is CC(C)NC1CC(N(C)C(=O)O)C1. The van der Waals surface area contributed by atoms with Gasteiger partial charge >= 0.3 is 6.09 Å². The zero-order valence-electron chi connectivity index (χ0n) is 8.45. The lowest BCUT2D eigenvalue weighted by molar-refractivity contribution is 0.0956. The van der Waals surface area contributed by atoms with Gasteiger partial charge in [-0.25, -0.2) is 4.79 Å². The highest BCUT2D eigenvalue weighted by molar-refractivity contribution is 5.65. The van der Waals surface area contributed by atoms with Crippen molar-refractivity contribution in [3.8, 4) is 0 Å². The highest BCUT2D eigenvalue weighted by Crippen LogP contribution is 2.24. The summed E-state index contributed by atoms with van der Waals surface area (Å²) >= 11 is 0. The van der Waals surface area contributed by atoms with Crippen molar-refractivity contribution in [3.05, 3.63) is 0 Å². The molecule has 1 amide bonds. The second kappa shape index (κ2) is 3.96. The van der Waals surface area contributed by atoms with Crippen LogP contribution >= 0.6 is 0 Å². The van der Waals surface area contributed by atoms with Crippen molar-refractivity contribution in [2.75, 3.05) is 7.05 Å². The smallest absolute Gasteiger partial charge is 0.407 e. The highest BCUT2D eigenvalue weighted by Gasteiger charge is 2.33. The van der Waals surface area contributed by atoms with E-state index in [4.69, 9.17) is 5.11 Å². The summed E-state index contributed by atoms with van der Waals surface area (Å²) in [6.45, 7) is 4.21. The van der Waals surface area contributed by atoms with E-state index in [2.05, 4.69) is 19.2 Å². The molecular weight excluding hydrogens is 168 g/mol. The zero-order valence-corrected chi connectivity index (χ0v) is 8.45. The predicted octanol–water partition coefficient (Wildman–Crippen LogP) is 1.13. The lowest BCUT2D eigenvalue weighted by Gasteiger charge is -2.41. The van der Waals surface area contributed by atoms with Crippen LogP contribution in [0.1, 0.15) is 26.7 Å². The van der Waals surface area contributed by atoms with Crippen molar-refractivity contribution in [1.29, 1.82) is 0 Å². The maximum atomic E-state index is 10.6. The van der Waals surface area contributed by atoms with Crippen LogP contribution in [-0.2, 0) is 0 Å². The second-order valence-electron chi connectivity index (χ2n) is 4.04. The van der Waals surface area contributed by atoms with Crippen molar-refractivity contribution in [2.24, 2.45) is 0 Å². The van der Waals surface area contributed by atoms with Crippen LogP contribution in [0, 0.1) is 0 Å². The molecule has 1 saturated carbocycles. The number of amides is 1. The minimum Gasteiger partial charge on any atom is -0.465 e. The third kappa shape index (κ3) is 2.59. The third-order valence-electron chi connectivity index (χ3n) is 2.53. The maximum absolute atomic E-state index is 10.6. The lowest BCUT2D eigenvalue weighted by Crippen LogP contribution is -2.54. The minimum absolute atomic E-state index is 0.216. The number of rotatable bonds is 3. The first kappa shape index (κ1) is 10.3. The van der Waals surface area contributed by atoms with E-state index in [1.54, 1.807) is 7.05 Å². The Morgan fingerprint density at radius 1 is 1.54 bits per heavy atom. The van der Waals surface area contributed by atoms with Crippen LogP contribution in [0.5, 0.6) is 0 Å². The summed E-state index contributed by atoms with van der Waals surface area (Å²) in [4.78, 5) is 12.0. The first-order chi connectivity index (χ1) is 6.00. The Labute approximate surface area is 78.9 Å². The number of hydrogen-bond acceptors (Lipinski definition) is 2. The monoisotopic (exact) mass is 186 g/mol. The van der Waals surface area contributed by atoms with Crippen molar-refractivity contribution < 1.29 is 9.90 Å². The predicted molar refractivity (Wildman–Crippen MR) is 50.9 cm³/mol. The van der Waals surface area contributed by atoms with Crippen LogP contribution in [0.25, 0.3) is 0 Å². The molecule has 4 nitrogen and oxygen atoms in total. The van der Waals surface area contributed by atoms with Gasteiger partial charge in [0, 0.05) is 25.2 Å². The Balaban J connectivity index is 2.21. The van der Waals surface area contributed by atoms with E-state index in [-0.39, 0.29) is 6.04 Å². The maximum Gasteiger partial charge on any atom is 0.407 e. The number of carbonyl (C=O) groups is 1. The summed E-state index contributed by atoms with van der Waals surface area (Å²) < 4.78 is 0. The van der Waals surface area contributed by atoms with Crippen LogP contribution in [0.15, 0.2) is 0 Å². The molecule has 0 radical (unpaired) electrons. The van der Waals surface area contributed by atoms with E-state index in [0.717, 1.165) is 12.8 Å². The number of nitrogens with one attached hydrogen (secondary N) is 1. The molecular formula is C9H18N2O2. The normalized spacial score (nSPS) is 27.1. The largest absolute Gasteiger partial charge is 0.465 e. The van der Waals surface area contributed by atoms with Gasteiger partial charge < -0.3 is 15.3 Å². The van der Waals surface area contributed by atoms with Crippen LogP contribution < -0.4 is 5.32 Å². The molecule has 0 aromatic rings. The molecule has 2 N–H and O–H groups in total. The van der Waals surface area contributed by atoms with Crippen LogP contribution in [0.2, 0.25) is 0 Å². The Hall–Kier alpha value is -0.770. The lowest BCUT2D eigenvalue weighted by atomic mass is 9.85. The molecule has 1 aliphatic carbocycles. The molecule has 1 rings (SSSR count). The molecule has 13 heavy (non-hydrogen) atoms. The molecule has 0 aliphatic heterocycles. The molecule has 0 saturated heterocycles. The molecule has 0 aromatic heterocycles. The highest BCUT2D eigenvalue weighted by atomic mass is 16.4. The van der Waals surface area contributed by atoms with Gasteiger partial charge in [0.1, 0.15) is 0 Å². The Bertz CT molecular complexity index is 188. The Morgan fingerprint density at radius 3 is 2.46 bits per heavy atom. The van der Waals surface area contributed by atoms with Crippen molar-refractivity contribution in [3.63, 3.8) is 0 Å². The van der Waals surface area contributed by atoms with E-state index in [1.807, 2.05) is 0 Å². The average Bonchev–Trinajstić information content (AvgIpc) is 1.94. The fourth-order valence-corrected chi connectivity index (χ4v) is 1.67. The Morgan fingerprint density at radius 2 is 2.08 bits per heavy atom. The van der Waals surface area contributed by atoms with Crippen molar-refractivity contribution in [1.82, 2.24) is 10.2 Å². The first-order valence-corrected chi connectivity index (χ1v) is 4.72. The second-order valence-corrected chi connectivity index (χ2v) is 4.04. The summed E-state index contributed by atoms with van der Waals surface area (Å²) in [5.74, 6) is 0. The van der Waals surface area contributed by atoms with Crippen molar-refractivity contribution in [2.45, 2.75) is 44.8 Å². The minimum atomic E-state index is -0.826. The summed E-state index contributed by atoms with van der Waals surface area (Å²) in [6.07, 6.45) is 1.06. The van der Waals surface area contributed by atoms with E-state index in [0.29, 0.717) is 12.1 Å². The standard InChI is InChI=1S/C9H18N2O2/c1-6(2)10-7-4-8(5-7)11(3)9(12)13/h6-8,10H,4-5H2,1-3H3,(H,12,13). The molecule has 1 fully saturated rings. The topological polar surface area (TPSA) is 52.6 Å². The van der Waals surface area contributed by atoms with Gasteiger partial charge in [-0.15, -0.1) is 0 Å². The van der Waals surface area contributed by atoms with E-state index >= 15 is 0 Å². The van der Waals surface area contributed by atoms with E-state index in [1.165, 1.54) is 4.90 Å². The third-order valence-corrected chi connectivity index (χ3v) is 2.53. The summed E-state index contributed by atoms with van der Waals surface area (Å²) in [5, 5.41) is 12.1. The molecule has 0 bridgehead atoms. The van der Waals surface area contributed by atoms with Gasteiger partial charge in [-0.2, -0.15) is 0 Å². The molecule has 4 heteroatoms. The van der Waals surface area contributed by atoms with Crippen LogP contribution in [0.4, 0.5) is 4.79 Å². The van der Waals surface area contributed by atoms with E-state index < -0.39 is 6.09 Å². The molecule has 0 unspecified atom stereocenters. The number of nitrogens with zero attached hydrogens (tertiary/aromatic N) is 1. The van der Waals surface area contributed by atoms with Gasteiger partial charge in [0.25, 0.3) is 0 Å². The summed E-state index contributed by atoms with van der Waals surface area (Å²) in [7, 11) is 1.64. The van der Waals surface area contributed by atoms with Gasteiger partial charge in [-0.1, -0.05) is 13.8 Å². The number of carboxylic acid groups (broad SMARTS) is 1. The van der Waals surface area contributed by atoms with Crippen LogP contribution in [-0.4, -0.2) is 41.3 Å². The van der Waals surface area contributed by atoms with Gasteiger partial charge in [0.05, 0.1) is 0 Å². The molecule has 0 heterocycles. The summed E-state index contributed by atoms with van der Waals surface area (Å²) in [6, 6.07) is 1.21. The van der Waals surface area contributed by atoms with Crippen molar-refractivity contribution >= 4 is 6.09 Å². The molecule has 1 aliphatic rings. The fraction of sp³-hybridized carbons (Fsp3) is 0.889. The average molecular weight is 186 g/mol. The summed E-state index contributed by atoms with van der Waals surface area (Å²) in [5.41, 5.74) is 0. The first-order valence-electron chi connectivity index (χ1n) is 4.72. The van der Waals surface area contributed by atoms with Gasteiger partial charge in [0.2, 0.25) is 0 Å². The molecule has 76 valence electrons. The van der Waals surface area contributed by atoms with Gasteiger partial charge in [0.15, 0.2) is 0 Å². The van der Waals surface area contributed by atoms with Gasteiger partial charge in [-0.3, -0.25) is 0 Å². The quantitative estimate of drug-likeness (QED) is 0.694. The van der Waals surface area contributed by atoms with Gasteiger partial charge in [-0.05, 0) is 12.8 Å². The molecule has 0 atom stereocenters. The fourth-order valence-electron chi connectivity index (χ4n) is 1.67. The molecule has 0 spiro atoms.